The van der Waals surface area contributed by atoms with Crippen molar-refractivity contribution in [3.63, 3.8) is 0 Å². The summed E-state index contributed by atoms with van der Waals surface area (Å²) in [5.74, 6) is 2.68. The number of fused-ring (bicyclic) bond motifs is 6. The van der Waals surface area contributed by atoms with E-state index in [0.717, 1.165) is 21.9 Å². The van der Waals surface area contributed by atoms with Crippen molar-refractivity contribution in [1.82, 2.24) is 4.90 Å². The molecule has 0 fully saturated rings. The highest BCUT2D eigenvalue weighted by molar-refractivity contribution is 6.19. The lowest BCUT2D eigenvalue weighted by molar-refractivity contribution is -0.122. The first-order valence-corrected chi connectivity index (χ1v) is 14.8. The molecule has 42 heavy (non-hydrogen) atoms. The second-order valence-corrected chi connectivity index (χ2v) is 11.4. The quantitative estimate of drug-likeness (QED) is 0.219. The molecule has 0 radical (unpaired) electrons. The fourth-order valence-electron chi connectivity index (χ4n) is 6.43. The van der Waals surface area contributed by atoms with Crippen molar-refractivity contribution < 1.29 is 19.8 Å². The summed E-state index contributed by atoms with van der Waals surface area (Å²) in [7, 11) is 0. The maximum Gasteiger partial charge on any atom is 0.241 e. The lowest BCUT2D eigenvalue weighted by Gasteiger charge is -2.26. The molecule has 2 N–H and O–H groups in total. The van der Waals surface area contributed by atoms with Gasteiger partial charge in [0.15, 0.2) is 0 Å². The van der Waals surface area contributed by atoms with Gasteiger partial charge in [0.25, 0.3) is 0 Å². The minimum Gasteiger partial charge on any atom is -0.507 e. The average molecular weight is 603 g/mol. The van der Waals surface area contributed by atoms with Crippen molar-refractivity contribution in [3.8, 4) is 23.8 Å². The Morgan fingerprint density at radius 3 is 1.57 bits per heavy atom. The number of aromatic hydroxyl groups is 2. The van der Waals surface area contributed by atoms with E-state index in [1.165, 1.54) is 0 Å². The van der Waals surface area contributed by atoms with E-state index >= 15 is 0 Å². The van der Waals surface area contributed by atoms with Gasteiger partial charge in [0.05, 0.1) is 31.0 Å². The molecule has 7 nitrogen and oxygen atoms in total. The van der Waals surface area contributed by atoms with E-state index in [0.29, 0.717) is 47.0 Å². The fraction of sp³-hybridized carbons (Fsp3) is 0.273. The number of halogens is 2. The van der Waals surface area contributed by atoms with Crippen LogP contribution in [0.3, 0.4) is 0 Å². The van der Waals surface area contributed by atoms with Crippen molar-refractivity contribution in [3.05, 3.63) is 71.8 Å². The van der Waals surface area contributed by atoms with E-state index in [-0.39, 0.29) is 54.8 Å². The van der Waals surface area contributed by atoms with Crippen LogP contribution >= 0.6 is 23.2 Å². The third-order valence-electron chi connectivity index (χ3n) is 8.30. The molecular weight excluding hydrogens is 573 g/mol. The monoisotopic (exact) mass is 601 g/mol. The van der Waals surface area contributed by atoms with Crippen LogP contribution in [-0.4, -0.2) is 71.4 Å². The number of hydrogen-bond acceptors (Lipinski definition) is 5. The number of benzene rings is 4. The van der Waals surface area contributed by atoms with Crippen LogP contribution in [-0.2, 0) is 9.59 Å². The molecule has 2 atom stereocenters. The van der Waals surface area contributed by atoms with Gasteiger partial charge in [-0.05, 0) is 21.9 Å². The van der Waals surface area contributed by atoms with Crippen molar-refractivity contribution in [1.29, 1.82) is 0 Å². The summed E-state index contributed by atoms with van der Waals surface area (Å²) in [4.78, 5) is 32.3. The summed E-state index contributed by atoms with van der Waals surface area (Å²) in [6.45, 7) is 0.627. The SMILES string of the molecule is C#CCN(CC(=O)N1C[C@@H](CCl)c2c1cc(O)c1ccccc21)CC(=O)N1C[C@@H](CCl)c2c1cc(O)c1ccccc21. The van der Waals surface area contributed by atoms with Crippen molar-refractivity contribution >= 4 is 67.9 Å². The van der Waals surface area contributed by atoms with Crippen LogP contribution in [0.5, 0.6) is 11.5 Å². The maximum absolute atomic E-state index is 13.7. The summed E-state index contributed by atoms with van der Waals surface area (Å²) in [5.41, 5.74) is 3.10. The molecule has 2 aliphatic rings. The van der Waals surface area contributed by atoms with Crippen LogP contribution in [0.2, 0.25) is 0 Å². The van der Waals surface area contributed by atoms with Gasteiger partial charge in [0, 0.05) is 59.6 Å². The Bertz CT molecular complexity index is 1650. The fourth-order valence-corrected chi connectivity index (χ4v) is 6.93. The molecule has 0 unspecified atom stereocenters. The van der Waals surface area contributed by atoms with Gasteiger partial charge in [0.1, 0.15) is 11.5 Å². The van der Waals surface area contributed by atoms with Crippen molar-refractivity contribution in [2.45, 2.75) is 11.8 Å². The predicted molar refractivity (Wildman–Crippen MR) is 168 cm³/mol. The number of rotatable bonds is 7. The number of terminal acetylenes is 1. The molecule has 0 saturated carbocycles. The Kier molecular flexibility index (Phi) is 7.63. The van der Waals surface area contributed by atoms with Crippen LogP contribution in [0.25, 0.3) is 21.5 Å². The molecule has 0 bridgehead atoms. The lowest BCUT2D eigenvalue weighted by atomic mass is 9.95. The minimum atomic E-state index is -0.245. The third kappa shape index (κ3) is 4.70. The van der Waals surface area contributed by atoms with Gasteiger partial charge in [0.2, 0.25) is 11.8 Å². The molecule has 0 aliphatic carbocycles. The number of carbonyl (C=O) groups is 2. The van der Waals surface area contributed by atoms with E-state index < -0.39 is 0 Å². The van der Waals surface area contributed by atoms with Crippen molar-refractivity contribution in [2.75, 3.05) is 54.3 Å². The number of carbonyl (C=O) groups excluding carboxylic acids is 2. The third-order valence-corrected chi connectivity index (χ3v) is 9.04. The van der Waals surface area contributed by atoms with Gasteiger partial charge in [-0.15, -0.1) is 29.6 Å². The molecule has 2 heterocycles. The Labute approximate surface area is 253 Å². The van der Waals surface area contributed by atoms with Gasteiger partial charge >= 0.3 is 0 Å². The Morgan fingerprint density at radius 2 is 1.19 bits per heavy atom. The lowest BCUT2D eigenvalue weighted by Crippen LogP contribution is -2.45. The number of nitrogens with zero attached hydrogens (tertiary/aromatic N) is 3. The minimum absolute atomic E-state index is 0.0860. The summed E-state index contributed by atoms with van der Waals surface area (Å²) < 4.78 is 0. The molecule has 6 rings (SSSR count). The second kappa shape index (κ2) is 11.4. The highest BCUT2D eigenvalue weighted by atomic mass is 35.5. The van der Waals surface area contributed by atoms with Crippen LogP contribution in [0.4, 0.5) is 11.4 Å². The molecule has 0 aromatic heterocycles. The number of hydrogen-bond donors (Lipinski definition) is 2. The van der Waals surface area contributed by atoms with E-state index in [9.17, 15) is 19.8 Å². The predicted octanol–water partition coefficient (Wildman–Crippen LogP) is 5.38. The smallest absolute Gasteiger partial charge is 0.241 e. The molecule has 0 spiro atoms. The number of alkyl halides is 2. The standard InChI is InChI=1S/C33H29Cl2N3O4/c1-2-11-36(18-30(41)37-16-20(14-34)32-24-9-5-3-7-22(24)28(39)12-26(32)37)19-31(42)38-17-21(15-35)33-25-10-6-4-8-23(25)29(40)13-27(33)38/h1,3-10,12-13,20-21,39-40H,11,14-19H2/t20-,21-/m1/s1. The Morgan fingerprint density at radius 1 is 0.786 bits per heavy atom. The molecule has 9 heteroatoms. The van der Waals surface area contributed by atoms with E-state index in [1.807, 2.05) is 48.5 Å². The topological polar surface area (TPSA) is 84.3 Å². The van der Waals surface area contributed by atoms with Gasteiger partial charge in [-0.1, -0.05) is 54.5 Å². The largest absolute Gasteiger partial charge is 0.507 e. The van der Waals surface area contributed by atoms with Gasteiger partial charge < -0.3 is 20.0 Å². The molecule has 2 amide bonds. The molecular formula is C33H29Cl2N3O4. The van der Waals surface area contributed by atoms with Crippen LogP contribution in [0, 0.1) is 12.3 Å². The molecule has 4 aromatic rings. The maximum atomic E-state index is 13.7. The molecule has 214 valence electrons. The normalized spacial score (nSPS) is 17.6. The van der Waals surface area contributed by atoms with Crippen LogP contribution in [0.1, 0.15) is 23.0 Å². The molecule has 4 aromatic carbocycles. The molecule has 2 aliphatic heterocycles. The van der Waals surface area contributed by atoms with Gasteiger partial charge in [-0.3, -0.25) is 14.5 Å². The van der Waals surface area contributed by atoms with Crippen molar-refractivity contribution in [2.24, 2.45) is 0 Å². The van der Waals surface area contributed by atoms with E-state index in [4.69, 9.17) is 29.6 Å². The summed E-state index contributed by atoms with van der Waals surface area (Å²) in [6, 6.07) is 18.3. The summed E-state index contributed by atoms with van der Waals surface area (Å²) in [5, 5.41) is 24.6. The van der Waals surface area contributed by atoms with Gasteiger partial charge in [-0.25, -0.2) is 0 Å². The zero-order valence-electron chi connectivity index (χ0n) is 22.8. The second-order valence-electron chi connectivity index (χ2n) is 10.8. The zero-order valence-corrected chi connectivity index (χ0v) is 24.3. The van der Waals surface area contributed by atoms with E-state index in [1.54, 1.807) is 26.8 Å². The van der Waals surface area contributed by atoms with Crippen LogP contribution in [0.15, 0.2) is 60.7 Å². The highest BCUT2D eigenvalue weighted by Crippen LogP contribution is 2.46. The summed E-state index contributed by atoms with van der Waals surface area (Å²) in [6.07, 6.45) is 5.65. The first-order valence-electron chi connectivity index (χ1n) is 13.7. The first kappa shape index (κ1) is 28.2. The Balaban J connectivity index is 1.26. The van der Waals surface area contributed by atoms with Crippen LogP contribution < -0.4 is 9.80 Å². The first-order chi connectivity index (χ1) is 20.4. The zero-order chi connectivity index (χ0) is 29.5. The summed E-state index contributed by atoms with van der Waals surface area (Å²) >= 11 is 12.7. The number of anilines is 2. The van der Waals surface area contributed by atoms with Gasteiger partial charge in [-0.2, -0.15) is 0 Å². The highest BCUT2D eigenvalue weighted by Gasteiger charge is 2.37. The molecule has 0 saturated heterocycles. The number of phenols is 2. The number of amides is 2. The number of phenolic OH excluding ortho intramolecular Hbond substituents is 2. The Hall–Kier alpha value is -3.96. The average Bonchev–Trinajstić information content (AvgIpc) is 3.56. The van der Waals surface area contributed by atoms with E-state index in [2.05, 4.69) is 5.92 Å².